The summed E-state index contributed by atoms with van der Waals surface area (Å²) in [5, 5.41) is 18.2. The van der Waals surface area contributed by atoms with Crippen molar-refractivity contribution in [2.75, 3.05) is 0 Å². The van der Waals surface area contributed by atoms with Gasteiger partial charge in [-0.15, -0.1) is 0 Å². The molecule has 2 aromatic rings. The largest absolute Gasteiger partial charge is 0.477 e. The lowest BCUT2D eigenvalue weighted by atomic mass is 10.3. The molecule has 0 radical (unpaired) electrons. The van der Waals surface area contributed by atoms with Crippen molar-refractivity contribution in [2.24, 2.45) is 0 Å². The van der Waals surface area contributed by atoms with E-state index in [-0.39, 0.29) is 4.88 Å². The fraction of sp³-hybridized carbons (Fsp3) is 0.0909. The van der Waals surface area contributed by atoms with Gasteiger partial charge in [0.25, 0.3) is 0 Å². The van der Waals surface area contributed by atoms with Crippen LogP contribution in [0.25, 0.3) is 0 Å². The van der Waals surface area contributed by atoms with Crippen LogP contribution in [-0.2, 0) is 0 Å². The molecule has 0 bridgehead atoms. The van der Waals surface area contributed by atoms with Gasteiger partial charge in [-0.1, -0.05) is 11.3 Å². The Kier molecular flexibility index (Phi) is 3.60. The lowest BCUT2D eigenvalue weighted by Crippen LogP contribution is -1.94. The van der Waals surface area contributed by atoms with Crippen LogP contribution in [0.5, 0.6) is 0 Å². The van der Waals surface area contributed by atoms with Gasteiger partial charge in [0.2, 0.25) is 0 Å². The van der Waals surface area contributed by atoms with Crippen LogP contribution in [0, 0.1) is 18.3 Å². The molecule has 2 heterocycles. The van der Waals surface area contributed by atoms with Gasteiger partial charge in [-0.2, -0.15) is 5.26 Å². The normalized spacial score (nSPS) is 10.0. The van der Waals surface area contributed by atoms with Crippen molar-refractivity contribution in [1.29, 1.82) is 5.26 Å². The molecule has 0 saturated heterocycles. The predicted octanol–water partition coefficient (Wildman–Crippen LogP) is 2.57. The molecule has 0 saturated carbocycles. The lowest BCUT2D eigenvalue weighted by molar-refractivity contribution is 0.0701. The number of aryl methyl sites for hydroxylation is 1. The van der Waals surface area contributed by atoms with Gasteiger partial charge < -0.3 is 5.11 Å². The Morgan fingerprint density at radius 3 is 2.83 bits per heavy atom. The van der Waals surface area contributed by atoms with Gasteiger partial charge in [0, 0.05) is 6.20 Å². The Balaban J connectivity index is 2.21. The zero-order valence-corrected chi connectivity index (χ0v) is 10.9. The van der Waals surface area contributed by atoms with Crippen molar-refractivity contribution in [1.82, 2.24) is 9.97 Å². The van der Waals surface area contributed by atoms with E-state index in [0.29, 0.717) is 20.6 Å². The molecule has 0 fully saturated rings. The number of carboxylic acids is 1. The summed E-state index contributed by atoms with van der Waals surface area (Å²) in [7, 11) is 0. The van der Waals surface area contributed by atoms with E-state index in [1.54, 1.807) is 19.1 Å². The standard InChI is InChI=1S/C11H7N3O2S2/c1-6-9(10(15)16)18-11(14-6)17-8-3-2-7(4-12)5-13-8/h2-3,5H,1H3,(H,15,16). The van der Waals surface area contributed by atoms with Gasteiger partial charge in [0.15, 0.2) is 4.34 Å². The summed E-state index contributed by atoms with van der Waals surface area (Å²) < 4.78 is 0.627. The molecule has 0 aliphatic carbocycles. The quantitative estimate of drug-likeness (QED) is 0.927. The third-order valence-electron chi connectivity index (χ3n) is 2.03. The highest BCUT2D eigenvalue weighted by Crippen LogP contribution is 2.31. The first-order valence-electron chi connectivity index (χ1n) is 4.85. The molecular weight excluding hydrogens is 270 g/mol. The maximum Gasteiger partial charge on any atom is 0.347 e. The Morgan fingerprint density at radius 1 is 1.56 bits per heavy atom. The fourth-order valence-corrected chi connectivity index (χ4v) is 3.12. The van der Waals surface area contributed by atoms with E-state index in [1.165, 1.54) is 18.0 Å². The average molecular weight is 277 g/mol. The molecule has 0 spiro atoms. The minimum absolute atomic E-state index is 0.242. The number of aromatic carboxylic acids is 1. The highest BCUT2D eigenvalue weighted by molar-refractivity contribution is 8.01. The Hall–Kier alpha value is -1.91. The second kappa shape index (κ2) is 5.16. The zero-order chi connectivity index (χ0) is 13.1. The van der Waals surface area contributed by atoms with Crippen molar-refractivity contribution in [2.45, 2.75) is 16.3 Å². The van der Waals surface area contributed by atoms with Crippen LogP contribution >= 0.6 is 23.1 Å². The predicted molar refractivity (Wildman–Crippen MR) is 66.9 cm³/mol. The molecule has 1 N–H and O–H groups in total. The van der Waals surface area contributed by atoms with Crippen molar-refractivity contribution in [3.63, 3.8) is 0 Å². The summed E-state index contributed by atoms with van der Waals surface area (Å²) in [6.07, 6.45) is 1.47. The topological polar surface area (TPSA) is 86.9 Å². The number of pyridine rings is 1. The van der Waals surface area contributed by atoms with Crippen molar-refractivity contribution in [3.8, 4) is 6.07 Å². The number of hydrogen-bond donors (Lipinski definition) is 1. The number of nitriles is 1. The molecule has 90 valence electrons. The summed E-state index contributed by atoms with van der Waals surface area (Å²) in [4.78, 5) is 19.4. The van der Waals surface area contributed by atoms with Crippen LogP contribution in [0.4, 0.5) is 0 Å². The number of carboxylic acid groups (broad SMARTS) is 1. The molecule has 2 rings (SSSR count). The van der Waals surface area contributed by atoms with Crippen LogP contribution in [0.15, 0.2) is 27.7 Å². The van der Waals surface area contributed by atoms with Gasteiger partial charge in [0.05, 0.1) is 11.3 Å². The second-order valence-electron chi connectivity index (χ2n) is 3.30. The van der Waals surface area contributed by atoms with Crippen LogP contribution in [-0.4, -0.2) is 21.0 Å². The fourth-order valence-electron chi connectivity index (χ4n) is 1.21. The molecule has 7 heteroatoms. The molecule has 0 aromatic carbocycles. The van der Waals surface area contributed by atoms with Gasteiger partial charge in [-0.25, -0.2) is 14.8 Å². The molecule has 0 amide bonds. The Morgan fingerprint density at radius 2 is 2.33 bits per heavy atom. The van der Waals surface area contributed by atoms with Gasteiger partial charge in [0.1, 0.15) is 16.0 Å². The molecular formula is C11H7N3O2S2. The highest BCUT2D eigenvalue weighted by Gasteiger charge is 2.14. The van der Waals surface area contributed by atoms with Gasteiger partial charge in [-0.3, -0.25) is 0 Å². The van der Waals surface area contributed by atoms with Crippen LogP contribution in [0.1, 0.15) is 20.9 Å². The van der Waals surface area contributed by atoms with Crippen molar-refractivity contribution < 1.29 is 9.90 Å². The van der Waals surface area contributed by atoms with E-state index in [4.69, 9.17) is 10.4 Å². The molecule has 0 aliphatic rings. The van der Waals surface area contributed by atoms with E-state index in [2.05, 4.69) is 9.97 Å². The van der Waals surface area contributed by atoms with E-state index >= 15 is 0 Å². The molecule has 0 atom stereocenters. The first-order valence-corrected chi connectivity index (χ1v) is 6.48. The first-order chi connectivity index (χ1) is 8.60. The van der Waals surface area contributed by atoms with Crippen LogP contribution in [0.2, 0.25) is 0 Å². The molecule has 2 aromatic heterocycles. The summed E-state index contributed by atoms with van der Waals surface area (Å²) in [6, 6.07) is 5.35. The van der Waals surface area contributed by atoms with Crippen LogP contribution < -0.4 is 0 Å². The van der Waals surface area contributed by atoms with E-state index < -0.39 is 5.97 Å². The maximum absolute atomic E-state index is 10.9. The van der Waals surface area contributed by atoms with E-state index in [0.717, 1.165) is 11.3 Å². The third-order valence-corrected chi connectivity index (χ3v) is 4.19. The molecule has 0 aliphatic heterocycles. The summed E-state index contributed by atoms with van der Waals surface area (Å²) in [5.41, 5.74) is 0.990. The van der Waals surface area contributed by atoms with E-state index in [9.17, 15) is 4.79 Å². The number of aromatic nitrogens is 2. The number of hydrogen-bond acceptors (Lipinski definition) is 6. The van der Waals surface area contributed by atoms with Gasteiger partial charge in [-0.05, 0) is 30.8 Å². The van der Waals surface area contributed by atoms with Crippen molar-refractivity contribution in [3.05, 3.63) is 34.5 Å². The smallest absolute Gasteiger partial charge is 0.347 e. The summed E-state index contributed by atoms with van der Waals surface area (Å²) >= 11 is 2.40. The van der Waals surface area contributed by atoms with Crippen molar-refractivity contribution >= 4 is 29.1 Å². The number of rotatable bonds is 3. The highest BCUT2D eigenvalue weighted by atomic mass is 32.2. The van der Waals surface area contributed by atoms with Crippen LogP contribution in [0.3, 0.4) is 0 Å². The summed E-state index contributed by atoms with van der Waals surface area (Å²) in [6.45, 7) is 1.66. The lowest BCUT2D eigenvalue weighted by Gasteiger charge is -1.95. The first kappa shape index (κ1) is 12.5. The molecule has 18 heavy (non-hydrogen) atoms. The zero-order valence-electron chi connectivity index (χ0n) is 9.25. The minimum atomic E-state index is -0.968. The monoisotopic (exact) mass is 277 g/mol. The summed E-state index contributed by atoms with van der Waals surface area (Å²) in [5.74, 6) is -0.968. The maximum atomic E-state index is 10.9. The Bertz CT molecular complexity index is 629. The number of thiazole rings is 1. The second-order valence-corrected chi connectivity index (χ2v) is 5.57. The average Bonchev–Trinajstić information content (AvgIpc) is 2.71. The third kappa shape index (κ3) is 2.67. The molecule has 0 unspecified atom stereocenters. The molecule has 5 nitrogen and oxygen atoms in total. The Labute approximate surface area is 111 Å². The minimum Gasteiger partial charge on any atom is -0.477 e. The number of carbonyl (C=O) groups is 1. The van der Waals surface area contributed by atoms with Gasteiger partial charge >= 0.3 is 5.97 Å². The SMILES string of the molecule is Cc1nc(Sc2ccc(C#N)cn2)sc1C(=O)O. The van der Waals surface area contributed by atoms with E-state index in [1.807, 2.05) is 6.07 Å². The number of nitrogens with zero attached hydrogens (tertiary/aromatic N) is 3.